The molecule has 0 spiro atoms. The summed E-state index contributed by atoms with van der Waals surface area (Å²) in [7, 11) is 1.85. The van der Waals surface area contributed by atoms with Gasteiger partial charge in [-0.3, -0.25) is 9.59 Å². The molecule has 7 nitrogen and oxygen atoms in total. The minimum atomic E-state index is -0.230. The molecule has 2 aromatic carbocycles. The van der Waals surface area contributed by atoms with Gasteiger partial charge in [-0.1, -0.05) is 60.7 Å². The van der Waals surface area contributed by atoms with Crippen molar-refractivity contribution in [3.63, 3.8) is 0 Å². The van der Waals surface area contributed by atoms with E-state index in [1.54, 1.807) is 0 Å². The molecule has 4 rings (SSSR count). The second-order valence-corrected chi connectivity index (χ2v) is 7.20. The van der Waals surface area contributed by atoms with E-state index in [-0.39, 0.29) is 17.9 Å². The maximum atomic E-state index is 13.1. The standard InChI is InChI=1S/C23H23N5O2/c1-16-19(13-14-20(29)24-15-17-9-5-3-6-10-17)22(30)28-23(27(16)2)25-21(26-28)18-11-7-4-8-12-18/h3-12H,13-15H2,1-2H3,(H,24,29). The molecule has 0 aliphatic heterocycles. The Morgan fingerprint density at radius 3 is 2.40 bits per heavy atom. The quantitative estimate of drug-likeness (QED) is 0.539. The molecule has 0 unspecified atom stereocenters. The molecule has 0 aliphatic carbocycles. The average Bonchev–Trinajstić information content (AvgIpc) is 3.23. The molecule has 2 heterocycles. The summed E-state index contributed by atoms with van der Waals surface area (Å²) in [5.41, 5.74) is 3.02. The van der Waals surface area contributed by atoms with E-state index in [9.17, 15) is 9.59 Å². The van der Waals surface area contributed by atoms with Gasteiger partial charge in [-0.25, -0.2) is 0 Å². The first-order chi connectivity index (χ1) is 14.5. The fourth-order valence-corrected chi connectivity index (χ4v) is 3.41. The van der Waals surface area contributed by atoms with Crippen molar-refractivity contribution in [2.75, 3.05) is 0 Å². The number of aromatic nitrogens is 4. The zero-order chi connectivity index (χ0) is 21.1. The Balaban J connectivity index is 1.55. The number of hydrogen-bond acceptors (Lipinski definition) is 4. The maximum absolute atomic E-state index is 13.1. The summed E-state index contributed by atoms with van der Waals surface area (Å²) >= 11 is 0. The number of carbonyl (C=O) groups is 1. The molecular weight excluding hydrogens is 378 g/mol. The number of aryl methyl sites for hydroxylation is 1. The molecule has 1 amide bonds. The van der Waals surface area contributed by atoms with Gasteiger partial charge in [0, 0.05) is 36.8 Å². The second kappa shape index (κ2) is 8.32. The van der Waals surface area contributed by atoms with Gasteiger partial charge in [0.2, 0.25) is 11.7 Å². The van der Waals surface area contributed by atoms with Gasteiger partial charge in [-0.05, 0) is 18.9 Å². The third kappa shape index (κ3) is 3.87. The van der Waals surface area contributed by atoms with Crippen LogP contribution in [0.4, 0.5) is 0 Å². The number of carbonyl (C=O) groups excluding carboxylic acids is 1. The van der Waals surface area contributed by atoms with Crippen LogP contribution in [0.3, 0.4) is 0 Å². The molecular formula is C23H23N5O2. The molecule has 0 saturated carbocycles. The molecule has 0 fully saturated rings. The van der Waals surface area contributed by atoms with E-state index in [1.165, 1.54) is 4.52 Å². The maximum Gasteiger partial charge on any atom is 0.279 e. The van der Waals surface area contributed by atoms with Crippen molar-refractivity contribution in [3.05, 3.63) is 87.8 Å². The fourth-order valence-electron chi connectivity index (χ4n) is 3.41. The highest BCUT2D eigenvalue weighted by Crippen LogP contribution is 2.16. The molecule has 0 radical (unpaired) electrons. The predicted molar refractivity (Wildman–Crippen MR) is 115 cm³/mol. The summed E-state index contributed by atoms with van der Waals surface area (Å²) in [5, 5.41) is 7.32. The minimum Gasteiger partial charge on any atom is -0.352 e. The van der Waals surface area contributed by atoms with Crippen LogP contribution in [0.2, 0.25) is 0 Å². The van der Waals surface area contributed by atoms with Gasteiger partial charge in [0.15, 0.2) is 5.82 Å². The van der Waals surface area contributed by atoms with Crippen LogP contribution < -0.4 is 10.9 Å². The number of hydrogen-bond donors (Lipinski definition) is 1. The number of nitrogens with zero attached hydrogens (tertiary/aromatic N) is 4. The number of nitrogens with one attached hydrogen (secondary N) is 1. The van der Waals surface area contributed by atoms with E-state index in [0.29, 0.717) is 30.1 Å². The Morgan fingerprint density at radius 1 is 1.03 bits per heavy atom. The molecule has 0 atom stereocenters. The molecule has 0 bridgehead atoms. The molecule has 30 heavy (non-hydrogen) atoms. The smallest absolute Gasteiger partial charge is 0.279 e. The van der Waals surface area contributed by atoms with Crippen LogP contribution in [0.5, 0.6) is 0 Å². The van der Waals surface area contributed by atoms with Crippen LogP contribution in [-0.2, 0) is 24.8 Å². The van der Waals surface area contributed by atoms with Gasteiger partial charge in [-0.15, -0.1) is 5.10 Å². The summed E-state index contributed by atoms with van der Waals surface area (Å²) < 4.78 is 3.17. The van der Waals surface area contributed by atoms with Crippen LogP contribution >= 0.6 is 0 Å². The Bertz CT molecular complexity index is 1240. The number of benzene rings is 2. The highest BCUT2D eigenvalue weighted by atomic mass is 16.1. The fraction of sp³-hybridized carbons (Fsp3) is 0.217. The lowest BCUT2D eigenvalue weighted by Gasteiger charge is -2.11. The van der Waals surface area contributed by atoms with Crippen LogP contribution in [-0.4, -0.2) is 25.1 Å². The Morgan fingerprint density at radius 2 is 1.70 bits per heavy atom. The molecule has 1 N–H and O–H groups in total. The lowest BCUT2D eigenvalue weighted by Crippen LogP contribution is -2.28. The van der Waals surface area contributed by atoms with E-state index < -0.39 is 0 Å². The van der Waals surface area contributed by atoms with Gasteiger partial charge in [0.05, 0.1) is 0 Å². The van der Waals surface area contributed by atoms with Gasteiger partial charge in [0.25, 0.3) is 5.56 Å². The van der Waals surface area contributed by atoms with E-state index in [2.05, 4.69) is 15.4 Å². The van der Waals surface area contributed by atoms with Gasteiger partial charge in [0.1, 0.15) is 0 Å². The van der Waals surface area contributed by atoms with Crippen molar-refractivity contribution in [3.8, 4) is 11.4 Å². The van der Waals surface area contributed by atoms with Crippen molar-refractivity contribution in [1.29, 1.82) is 0 Å². The predicted octanol–water partition coefficient (Wildman–Crippen LogP) is 2.65. The van der Waals surface area contributed by atoms with E-state index in [0.717, 1.165) is 16.8 Å². The minimum absolute atomic E-state index is 0.0935. The molecule has 0 aliphatic rings. The molecule has 4 aromatic rings. The van der Waals surface area contributed by atoms with Crippen molar-refractivity contribution < 1.29 is 4.79 Å². The first-order valence-electron chi connectivity index (χ1n) is 9.86. The molecule has 0 saturated heterocycles. The SMILES string of the molecule is Cc1c(CCC(=O)NCc2ccccc2)c(=O)n2nc(-c3ccccc3)nc2n1C. The van der Waals surface area contributed by atoms with Crippen LogP contribution in [0, 0.1) is 6.92 Å². The van der Waals surface area contributed by atoms with Crippen LogP contribution in [0.1, 0.15) is 23.2 Å². The Kier molecular flexibility index (Phi) is 5.43. The summed E-state index contributed by atoms with van der Waals surface area (Å²) in [6.45, 7) is 2.34. The third-order valence-electron chi connectivity index (χ3n) is 5.25. The van der Waals surface area contributed by atoms with Gasteiger partial charge < -0.3 is 9.88 Å². The summed E-state index contributed by atoms with van der Waals surface area (Å²) in [4.78, 5) is 29.9. The van der Waals surface area contributed by atoms with Crippen molar-refractivity contribution in [2.45, 2.75) is 26.3 Å². The van der Waals surface area contributed by atoms with Gasteiger partial charge >= 0.3 is 0 Å². The number of rotatable bonds is 6. The van der Waals surface area contributed by atoms with E-state index in [1.807, 2.05) is 79.2 Å². The van der Waals surface area contributed by atoms with Crippen molar-refractivity contribution in [1.82, 2.24) is 24.5 Å². The van der Waals surface area contributed by atoms with Gasteiger partial charge in [-0.2, -0.15) is 9.50 Å². The number of amides is 1. The second-order valence-electron chi connectivity index (χ2n) is 7.20. The van der Waals surface area contributed by atoms with E-state index in [4.69, 9.17) is 0 Å². The van der Waals surface area contributed by atoms with Crippen LogP contribution in [0.25, 0.3) is 17.2 Å². The lowest BCUT2D eigenvalue weighted by atomic mass is 10.1. The lowest BCUT2D eigenvalue weighted by molar-refractivity contribution is -0.121. The van der Waals surface area contributed by atoms with Crippen molar-refractivity contribution in [2.24, 2.45) is 7.05 Å². The Hall–Kier alpha value is -3.74. The molecule has 7 heteroatoms. The summed E-state index contributed by atoms with van der Waals surface area (Å²) in [5.74, 6) is 0.887. The summed E-state index contributed by atoms with van der Waals surface area (Å²) in [6.07, 6.45) is 0.574. The van der Waals surface area contributed by atoms with Crippen LogP contribution in [0.15, 0.2) is 65.5 Å². The average molecular weight is 401 g/mol. The Labute approximate surface area is 174 Å². The van der Waals surface area contributed by atoms with Crippen molar-refractivity contribution >= 4 is 11.7 Å². The largest absolute Gasteiger partial charge is 0.352 e. The summed E-state index contributed by atoms with van der Waals surface area (Å²) in [6, 6.07) is 19.3. The molecule has 2 aromatic heterocycles. The third-order valence-corrected chi connectivity index (χ3v) is 5.25. The first kappa shape index (κ1) is 19.6. The first-order valence-corrected chi connectivity index (χ1v) is 9.86. The monoisotopic (exact) mass is 401 g/mol. The topological polar surface area (TPSA) is 81.3 Å². The number of fused-ring (bicyclic) bond motifs is 1. The highest BCUT2D eigenvalue weighted by Gasteiger charge is 2.17. The normalized spacial score (nSPS) is 11.0. The highest BCUT2D eigenvalue weighted by molar-refractivity contribution is 5.76. The zero-order valence-electron chi connectivity index (χ0n) is 17.0. The van der Waals surface area contributed by atoms with E-state index >= 15 is 0 Å². The molecule has 152 valence electrons. The zero-order valence-corrected chi connectivity index (χ0v) is 17.0.